The summed E-state index contributed by atoms with van der Waals surface area (Å²) in [5, 5.41) is 9.12. The average Bonchev–Trinajstić information content (AvgIpc) is 2.66. The molecule has 162 valence electrons. The van der Waals surface area contributed by atoms with E-state index >= 15 is 0 Å². The Morgan fingerprint density at radius 1 is 1.17 bits per heavy atom. The predicted molar refractivity (Wildman–Crippen MR) is 105 cm³/mol. The van der Waals surface area contributed by atoms with Crippen molar-refractivity contribution in [2.24, 2.45) is 0 Å². The first kappa shape index (κ1) is 22.2. The zero-order valence-electron chi connectivity index (χ0n) is 16.9. The minimum absolute atomic E-state index is 0.133. The maximum atomic E-state index is 13.3. The Morgan fingerprint density at radius 2 is 1.87 bits per heavy atom. The molecule has 4 nitrogen and oxygen atoms in total. The molecule has 0 heterocycles. The fraction of sp³-hybridized carbons (Fsp3) is 0.435. The van der Waals surface area contributed by atoms with E-state index in [1.807, 2.05) is 13.8 Å². The number of aliphatic carboxylic acids is 1. The van der Waals surface area contributed by atoms with Gasteiger partial charge >= 0.3 is 12.1 Å². The number of rotatable bonds is 7. The molecule has 0 saturated carbocycles. The maximum Gasteiger partial charge on any atom is 0.416 e. The fourth-order valence-electron chi connectivity index (χ4n) is 3.85. The van der Waals surface area contributed by atoms with E-state index in [2.05, 4.69) is 0 Å². The lowest BCUT2D eigenvalue weighted by atomic mass is 9.86. The highest BCUT2D eigenvalue weighted by molar-refractivity contribution is 5.67. The highest BCUT2D eigenvalue weighted by Gasteiger charge is 2.36. The van der Waals surface area contributed by atoms with Crippen LogP contribution in [-0.2, 0) is 22.1 Å². The summed E-state index contributed by atoms with van der Waals surface area (Å²) in [4.78, 5) is 11.1. The number of halogens is 3. The van der Waals surface area contributed by atoms with Crippen molar-refractivity contribution < 1.29 is 32.5 Å². The van der Waals surface area contributed by atoms with Crippen molar-refractivity contribution in [3.8, 4) is 5.75 Å². The lowest BCUT2D eigenvalue weighted by Gasteiger charge is -2.28. The van der Waals surface area contributed by atoms with Gasteiger partial charge in [0.1, 0.15) is 11.9 Å². The molecule has 1 aliphatic rings. The summed E-state index contributed by atoms with van der Waals surface area (Å²) in [5.74, 6) is -0.437. The highest BCUT2D eigenvalue weighted by atomic mass is 19.4. The average molecular weight is 422 g/mol. The monoisotopic (exact) mass is 422 g/mol. The standard InChI is InChI=1S/C23H25F3O4/c1-14(2)29-21(13-22(27)28)15-9-11-16(12-10-15)30-20-8-4-5-17-18(20)6-3-7-19(17)23(24,25)26/h3,6-7,9-12,14,20-21H,4-5,8,13H2,1-2H3,(H,27,28)/t20?,21-/m0/s1. The molecule has 2 aromatic carbocycles. The van der Waals surface area contributed by atoms with Gasteiger partial charge in [-0.3, -0.25) is 4.79 Å². The smallest absolute Gasteiger partial charge is 0.416 e. The van der Waals surface area contributed by atoms with Gasteiger partial charge in [0.2, 0.25) is 0 Å². The Kier molecular flexibility index (Phi) is 6.71. The Morgan fingerprint density at radius 3 is 2.47 bits per heavy atom. The van der Waals surface area contributed by atoms with E-state index in [1.54, 1.807) is 30.3 Å². The number of hydrogen-bond donors (Lipinski definition) is 1. The van der Waals surface area contributed by atoms with E-state index in [9.17, 15) is 18.0 Å². The molecule has 1 unspecified atom stereocenters. The van der Waals surface area contributed by atoms with Crippen LogP contribution in [0.15, 0.2) is 42.5 Å². The minimum atomic E-state index is -4.38. The normalized spacial score (nSPS) is 17.5. The minimum Gasteiger partial charge on any atom is -0.486 e. The maximum absolute atomic E-state index is 13.3. The Labute approximate surface area is 173 Å². The summed E-state index contributed by atoms with van der Waals surface area (Å²) in [5.41, 5.74) is 1.00. The molecule has 1 N–H and O–H groups in total. The second-order valence-electron chi connectivity index (χ2n) is 7.71. The molecule has 2 atom stereocenters. The molecule has 1 aliphatic carbocycles. The number of hydrogen-bond acceptors (Lipinski definition) is 3. The van der Waals surface area contributed by atoms with Crippen molar-refractivity contribution in [2.75, 3.05) is 0 Å². The second kappa shape index (κ2) is 9.08. The van der Waals surface area contributed by atoms with Crippen LogP contribution in [0.1, 0.15) is 67.6 Å². The Bertz CT molecular complexity index is 875. The van der Waals surface area contributed by atoms with Gasteiger partial charge in [-0.15, -0.1) is 0 Å². The lowest BCUT2D eigenvalue weighted by Crippen LogP contribution is -2.20. The molecule has 3 rings (SSSR count). The number of carboxylic acid groups (broad SMARTS) is 1. The lowest BCUT2D eigenvalue weighted by molar-refractivity contribution is -0.141. The van der Waals surface area contributed by atoms with Crippen LogP contribution in [0, 0.1) is 0 Å². The summed E-state index contributed by atoms with van der Waals surface area (Å²) in [7, 11) is 0. The quantitative estimate of drug-likeness (QED) is 0.586. The van der Waals surface area contributed by atoms with Gasteiger partial charge in [0.05, 0.1) is 24.2 Å². The predicted octanol–water partition coefficient (Wildman–Crippen LogP) is 6.10. The first-order chi connectivity index (χ1) is 14.1. The van der Waals surface area contributed by atoms with Gasteiger partial charge in [-0.05, 0) is 68.0 Å². The number of carboxylic acids is 1. The molecular weight excluding hydrogens is 397 g/mol. The number of alkyl halides is 3. The zero-order chi connectivity index (χ0) is 21.9. The van der Waals surface area contributed by atoms with E-state index in [-0.39, 0.29) is 12.5 Å². The van der Waals surface area contributed by atoms with Crippen LogP contribution in [0.3, 0.4) is 0 Å². The molecule has 0 aliphatic heterocycles. The summed E-state index contributed by atoms with van der Waals surface area (Å²) >= 11 is 0. The third-order valence-electron chi connectivity index (χ3n) is 5.08. The molecule has 0 amide bonds. The molecule has 7 heteroatoms. The van der Waals surface area contributed by atoms with E-state index in [0.717, 1.165) is 6.07 Å². The Hall–Kier alpha value is -2.54. The SMILES string of the molecule is CC(C)O[C@@H](CC(=O)O)c1ccc(OC2CCCc3c2cccc3C(F)(F)F)cc1. The third-order valence-corrected chi connectivity index (χ3v) is 5.08. The summed E-state index contributed by atoms with van der Waals surface area (Å²) in [6, 6.07) is 11.1. The topological polar surface area (TPSA) is 55.8 Å². The first-order valence-electron chi connectivity index (χ1n) is 9.98. The number of fused-ring (bicyclic) bond motifs is 1. The van der Waals surface area contributed by atoms with Gasteiger partial charge in [-0.2, -0.15) is 13.2 Å². The van der Waals surface area contributed by atoms with Gasteiger partial charge in [-0.1, -0.05) is 24.3 Å². The van der Waals surface area contributed by atoms with Crippen LogP contribution in [-0.4, -0.2) is 17.2 Å². The van der Waals surface area contributed by atoms with Crippen molar-refractivity contribution >= 4 is 5.97 Å². The second-order valence-corrected chi connectivity index (χ2v) is 7.71. The molecule has 30 heavy (non-hydrogen) atoms. The van der Waals surface area contributed by atoms with Crippen molar-refractivity contribution in [3.05, 3.63) is 64.7 Å². The van der Waals surface area contributed by atoms with Crippen molar-refractivity contribution in [1.29, 1.82) is 0 Å². The van der Waals surface area contributed by atoms with Crippen LogP contribution in [0.25, 0.3) is 0 Å². The zero-order valence-corrected chi connectivity index (χ0v) is 16.9. The van der Waals surface area contributed by atoms with Gasteiger partial charge in [-0.25, -0.2) is 0 Å². The van der Waals surface area contributed by atoms with E-state index in [4.69, 9.17) is 14.6 Å². The molecule has 2 aromatic rings. The summed E-state index contributed by atoms with van der Waals surface area (Å²) < 4.78 is 51.7. The van der Waals surface area contributed by atoms with Crippen LogP contribution in [0.2, 0.25) is 0 Å². The molecular formula is C23H25F3O4. The molecule has 0 fully saturated rings. The van der Waals surface area contributed by atoms with Crippen LogP contribution in [0.4, 0.5) is 13.2 Å². The van der Waals surface area contributed by atoms with Crippen molar-refractivity contribution in [2.45, 2.75) is 64.0 Å². The number of benzene rings is 2. The number of carbonyl (C=O) groups is 1. The Balaban J connectivity index is 1.79. The van der Waals surface area contributed by atoms with Gasteiger partial charge < -0.3 is 14.6 Å². The molecule has 0 radical (unpaired) electrons. The van der Waals surface area contributed by atoms with Crippen molar-refractivity contribution in [1.82, 2.24) is 0 Å². The first-order valence-corrected chi connectivity index (χ1v) is 9.98. The summed E-state index contributed by atoms with van der Waals surface area (Å²) in [6.07, 6.45) is -4.08. The largest absolute Gasteiger partial charge is 0.486 e. The number of ether oxygens (including phenoxy) is 2. The van der Waals surface area contributed by atoms with Gasteiger partial charge in [0.25, 0.3) is 0 Å². The van der Waals surface area contributed by atoms with Gasteiger partial charge in [0, 0.05) is 0 Å². The van der Waals surface area contributed by atoms with E-state index in [1.165, 1.54) is 6.07 Å². The van der Waals surface area contributed by atoms with Crippen molar-refractivity contribution in [3.63, 3.8) is 0 Å². The molecule has 0 aromatic heterocycles. The third kappa shape index (κ3) is 5.33. The van der Waals surface area contributed by atoms with E-state index < -0.39 is 29.9 Å². The molecule has 0 bridgehead atoms. The van der Waals surface area contributed by atoms with Crippen LogP contribution >= 0.6 is 0 Å². The highest BCUT2D eigenvalue weighted by Crippen LogP contribution is 2.41. The summed E-state index contributed by atoms with van der Waals surface area (Å²) in [6.45, 7) is 3.67. The fourth-order valence-corrected chi connectivity index (χ4v) is 3.85. The molecule has 0 spiro atoms. The van der Waals surface area contributed by atoms with Gasteiger partial charge in [0.15, 0.2) is 0 Å². The van der Waals surface area contributed by atoms with Crippen LogP contribution < -0.4 is 4.74 Å². The molecule has 0 saturated heterocycles. The van der Waals surface area contributed by atoms with Crippen LogP contribution in [0.5, 0.6) is 5.75 Å². The van der Waals surface area contributed by atoms with E-state index in [0.29, 0.717) is 41.7 Å².